The molecule has 0 aromatic heterocycles. The molecule has 4 N–H and O–H groups in total. The number of nitrogens with zero attached hydrogens (tertiary/aromatic N) is 2. The molecule has 3 aromatic carbocycles. The zero-order valence-electron chi connectivity index (χ0n) is 28.1. The van der Waals surface area contributed by atoms with Crippen molar-refractivity contribution in [2.45, 2.75) is 69.8 Å². The first-order valence-corrected chi connectivity index (χ1v) is 19.2. The second kappa shape index (κ2) is 14.2. The van der Waals surface area contributed by atoms with Gasteiger partial charge in [-0.05, 0) is 61.5 Å². The summed E-state index contributed by atoms with van der Waals surface area (Å²) in [7, 11) is -1.48. The Morgan fingerprint density at radius 1 is 1.08 bits per heavy atom. The normalized spacial score (nSPS) is 22.5. The maximum Gasteiger partial charge on any atom is 0.264 e. The Morgan fingerprint density at radius 3 is 2.38 bits per heavy atom. The van der Waals surface area contributed by atoms with Crippen molar-refractivity contribution in [3.05, 3.63) is 89.5 Å². The third kappa shape index (κ3) is 6.89. The van der Waals surface area contributed by atoms with Gasteiger partial charge in [-0.3, -0.25) is 14.4 Å². The summed E-state index contributed by atoms with van der Waals surface area (Å²) in [6, 6.07) is 22.0. The molecular formula is C36H45N3O8Si. The highest BCUT2D eigenvalue weighted by Gasteiger charge is 2.66. The van der Waals surface area contributed by atoms with E-state index in [1.54, 1.807) is 53.3 Å². The fourth-order valence-electron chi connectivity index (χ4n) is 7.18. The molecule has 0 unspecified atom stereocenters. The van der Waals surface area contributed by atoms with E-state index in [-0.39, 0.29) is 37.9 Å². The summed E-state index contributed by atoms with van der Waals surface area (Å²) in [5, 5.41) is 22.0. The Hall–Kier alpha value is -4.07. The molecular weight excluding hydrogens is 630 g/mol. The molecule has 0 saturated carbocycles. The van der Waals surface area contributed by atoms with Gasteiger partial charge in [-0.25, -0.2) is 0 Å². The lowest BCUT2D eigenvalue weighted by Crippen LogP contribution is -2.46. The first-order valence-electron chi connectivity index (χ1n) is 16.2. The van der Waals surface area contributed by atoms with E-state index in [9.17, 15) is 29.4 Å². The number of nitrogens with one attached hydrogen (secondary N) is 1. The number of hydrogen-bond donors (Lipinski definition) is 4. The van der Waals surface area contributed by atoms with E-state index < -0.39 is 43.5 Å². The number of benzene rings is 3. The molecule has 0 radical (unpaired) electrons. The number of methoxy groups -OCH3 is 1. The first-order chi connectivity index (χ1) is 22.8. The topological polar surface area (TPSA) is 149 Å². The minimum absolute atomic E-state index is 0.0627. The van der Waals surface area contributed by atoms with Crippen molar-refractivity contribution < 1.29 is 38.9 Å². The number of anilines is 2. The molecule has 5 atom stereocenters. The summed E-state index contributed by atoms with van der Waals surface area (Å²) in [6.07, 6.45) is -1.97. The second-order valence-corrected chi connectivity index (χ2v) is 17.2. The smallest absolute Gasteiger partial charge is 0.264 e. The minimum Gasteiger partial charge on any atom is -0.497 e. The summed E-state index contributed by atoms with van der Waals surface area (Å²) in [4.78, 5) is 55.4. The molecule has 5 rings (SSSR count). The highest BCUT2D eigenvalue weighted by Crippen LogP contribution is 2.60. The lowest BCUT2D eigenvalue weighted by atomic mass is 9.82. The standard InChI is InChI=1S/C36H45N3O8Si/c1-23-33(48(4,5)45)31(20-32(42)38(17-18-40)21-25-9-7-6-8-10-25)47-36(23)29-19-28(46-3)15-16-30(29)39(35(36)44)22-26-11-13-27(14-12-26)37-34(43)24(2)41/h6-16,19,23-24,31,33,40-41,45H,17-18,20-22H2,1-5H3,(H,37,43)/t23-,24-,31+,33-,36+/m0/s1. The SMILES string of the molecule is COc1ccc2c(c1)[C@@]1(O[C@H](CC(=O)N(CCO)Cc3ccccc3)[C@@H]([Si](C)(C)O)[C@@H]1C)C(=O)N2Cc1ccc(NC(=O)[C@H](C)O)cc1. The molecule has 2 aliphatic heterocycles. The van der Waals surface area contributed by atoms with Crippen LogP contribution in [0.5, 0.6) is 5.75 Å². The molecule has 0 bridgehead atoms. The van der Waals surface area contributed by atoms with Crippen molar-refractivity contribution in [2.24, 2.45) is 5.92 Å². The highest BCUT2D eigenvalue weighted by atomic mass is 28.4. The summed E-state index contributed by atoms with van der Waals surface area (Å²) in [6.45, 7) is 7.37. The van der Waals surface area contributed by atoms with Gasteiger partial charge in [-0.15, -0.1) is 0 Å². The van der Waals surface area contributed by atoms with Crippen LogP contribution in [-0.2, 0) is 37.8 Å². The van der Waals surface area contributed by atoms with Crippen LogP contribution in [-0.4, -0.2) is 78.4 Å². The van der Waals surface area contributed by atoms with Gasteiger partial charge >= 0.3 is 0 Å². The largest absolute Gasteiger partial charge is 0.497 e. The average Bonchev–Trinajstić information content (AvgIpc) is 3.47. The van der Waals surface area contributed by atoms with Crippen LogP contribution in [0, 0.1) is 5.92 Å². The molecule has 1 saturated heterocycles. The molecule has 11 nitrogen and oxygen atoms in total. The van der Waals surface area contributed by atoms with E-state index in [2.05, 4.69) is 5.32 Å². The Morgan fingerprint density at radius 2 is 1.77 bits per heavy atom. The van der Waals surface area contributed by atoms with Gasteiger partial charge in [0.05, 0.1) is 38.5 Å². The van der Waals surface area contributed by atoms with E-state index in [1.165, 1.54) is 6.92 Å². The number of carbonyl (C=O) groups is 3. The maximum atomic E-state index is 14.8. The number of aliphatic hydroxyl groups is 2. The van der Waals surface area contributed by atoms with E-state index in [0.29, 0.717) is 29.2 Å². The fourth-order valence-corrected chi connectivity index (χ4v) is 9.74. The van der Waals surface area contributed by atoms with Gasteiger partial charge in [0.2, 0.25) is 5.91 Å². The van der Waals surface area contributed by atoms with Crippen LogP contribution in [0.1, 0.15) is 37.0 Å². The molecule has 12 heteroatoms. The third-order valence-corrected chi connectivity index (χ3v) is 12.0. The number of rotatable bonds is 12. The Labute approximate surface area is 282 Å². The van der Waals surface area contributed by atoms with Crippen molar-refractivity contribution in [1.29, 1.82) is 0 Å². The van der Waals surface area contributed by atoms with Crippen molar-refractivity contribution >= 4 is 37.4 Å². The summed E-state index contributed by atoms with van der Waals surface area (Å²) >= 11 is 0. The minimum atomic E-state index is -3.03. The number of carbonyl (C=O) groups excluding carboxylic acids is 3. The number of fused-ring (bicyclic) bond motifs is 2. The van der Waals surface area contributed by atoms with E-state index >= 15 is 0 Å². The molecule has 48 heavy (non-hydrogen) atoms. The van der Waals surface area contributed by atoms with Crippen molar-refractivity contribution in [1.82, 2.24) is 4.90 Å². The molecule has 1 spiro atoms. The molecule has 3 amide bonds. The van der Waals surface area contributed by atoms with Crippen LogP contribution in [0.15, 0.2) is 72.8 Å². The van der Waals surface area contributed by atoms with Crippen LogP contribution >= 0.6 is 0 Å². The van der Waals surface area contributed by atoms with E-state index in [0.717, 1.165) is 11.1 Å². The summed E-state index contributed by atoms with van der Waals surface area (Å²) < 4.78 is 12.4. The van der Waals surface area contributed by atoms with Crippen LogP contribution < -0.4 is 15.0 Å². The second-order valence-electron chi connectivity index (χ2n) is 13.2. The Balaban J connectivity index is 1.48. The van der Waals surface area contributed by atoms with Crippen LogP contribution in [0.25, 0.3) is 0 Å². The molecule has 0 aliphatic carbocycles. The fraction of sp³-hybridized carbons (Fsp3) is 0.417. The first kappa shape index (κ1) is 35.2. The third-order valence-electron chi connectivity index (χ3n) is 9.45. The predicted molar refractivity (Wildman–Crippen MR) is 184 cm³/mol. The lowest BCUT2D eigenvalue weighted by molar-refractivity contribution is -0.150. The molecule has 3 aromatic rings. The van der Waals surface area contributed by atoms with Gasteiger partial charge in [-0.1, -0.05) is 49.4 Å². The zero-order valence-corrected chi connectivity index (χ0v) is 29.1. The van der Waals surface area contributed by atoms with Gasteiger partial charge in [0, 0.05) is 35.8 Å². The van der Waals surface area contributed by atoms with Gasteiger partial charge in [0.15, 0.2) is 13.9 Å². The molecule has 1 fully saturated rings. The summed E-state index contributed by atoms with van der Waals surface area (Å²) in [5.41, 5.74) is 1.56. The van der Waals surface area contributed by atoms with Gasteiger partial charge < -0.3 is 39.6 Å². The molecule has 2 aliphatic rings. The van der Waals surface area contributed by atoms with Crippen molar-refractivity contribution in [2.75, 3.05) is 30.5 Å². The van der Waals surface area contributed by atoms with Crippen LogP contribution in [0.4, 0.5) is 11.4 Å². The van der Waals surface area contributed by atoms with Crippen LogP contribution in [0.2, 0.25) is 18.6 Å². The Bertz CT molecular complexity index is 1630. The van der Waals surface area contributed by atoms with Crippen molar-refractivity contribution in [3.63, 3.8) is 0 Å². The number of aliphatic hydroxyl groups excluding tert-OH is 2. The summed E-state index contributed by atoms with van der Waals surface area (Å²) in [5.74, 6) is -0.984. The van der Waals surface area contributed by atoms with Gasteiger partial charge in [0.25, 0.3) is 11.8 Å². The number of amides is 3. The molecule has 2 heterocycles. The maximum absolute atomic E-state index is 14.8. The van der Waals surface area contributed by atoms with Crippen LogP contribution in [0.3, 0.4) is 0 Å². The number of hydrogen-bond acceptors (Lipinski definition) is 8. The lowest BCUT2D eigenvalue weighted by Gasteiger charge is -2.32. The predicted octanol–water partition coefficient (Wildman–Crippen LogP) is 3.77. The Kier molecular flexibility index (Phi) is 10.4. The quantitative estimate of drug-likeness (QED) is 0.212. The van der Waals surface area contributed by atoms with Gasteiger partial charge in [-0.2, -0.15) is 0 Å². The van der Waals surface area contributed by atoms with E-state index in [4.69, 9.17) is 9.47 Å². The number of ether oxygens (including phenoxy) is 2. The average molecular weight is 676 g/mol. The highest BCUT2D eigenvalue weighted by molar-refractivity contribution is 6.71. The van der Waals surface area contributed by atoms with E-state index in [1.807, 2.05) is 56.4 Å². The van der Waals surface area contributed by atoms with Gasteiger partial charge in [0.1, 0.15) is 11.9 Å². The van der Waals surface area contributed by atoms with Crippen molar-refractivity contribution in [3.8, 4) is 5.75 Å². The molecule has 256 valence electrons. The monoisotopic (exact) mass is 675 g/mol. The zero-order chi connectivity index (χ0) is 34.8.